The van der Waals surface area contributed by atoms with Gasteiger partial charge in [0.15, 0.2) is 4.34 Å². The number of aryl methyl sites for hydroxylation is 2. The normalized spacial score (nSPS) is 10.4. The number of nitriles is 1. The van der Waals surface area contributed by atoms with Gasteiger partial charge in [0, 0.05) is 16.3 Å². The number of aromatic nitrogens is 3. The average Bonchev–Trinajstić information content (AvgIpc) is 2.94. The summed E-state index contributed by atoms with van der Waals surface area (Å²) in [6, 6.07) is 10.2. The predicted octanol–water partition coefficient (Wildman–Crippen LogP) is 4.46. The largest absolute Gasteiger partial charge is 0.330 e. The lowest BCUT2D eigenvalue weighted by Crippen LogP contribution is -1.93. The minimum atomic E-state index is -0.319. The van der Waals surface area contributed by atoms with Gasteiger partial charge in [-0.15, -0.1) is 10.2 Å². The van der Waals surface area contributed by atoms with E-state index in [2.05, 4.69) is 26.6 Å². The van der Waals surface area contributed by atoms with Crippen molar-refractivity contribution < 1.29 is 4.39 Å². The highest BCUT2D eigenvalue weighted by molar-refractivity contribution is 8.01. The Labute approximate surface area is 146 Å². The molecule has 0 spiro atoms. The summed E-state index contributed by atoms with van der Waals surface area (Å²) in [6.07, 6.45) is 0. The first kappa shape index (κ1) is 16.4. The smallest absolute Gasteiger partial charge is 0.210 e. The molecule has 0 saturated heterocycles. The topological polar surface area (TPSA) is 74.5 Å². The number of benzene rings is 1. The molecule has 0 radical (unpaired) electrons. The van der Waals surface area contributed by atoms with Crippen molar-refractivity contribution in [1.82, 2.24) is 15.2 Å². The molecule has 0 aliphatic heterocycles. The Kier molecular flexibility index (Phi) is 4.74. The highest BCUT2D eigenvalue weighted by atomic mass is 32.2. The van der Waals surface area contributed by atoms with Crippen LogP contribution in [-0.4, -0.2) is 15.2 Å². The van der Waals surface area contributed by atoms with Crippen LogP contribution in [0.2, 0.25) is 0 Å². The number of nitrogens with zero attached hydrogens (tertiary/aromatic N) is 4. The van der Waals surface area contributed by atoms with Crippen LogP contribution in [0, 0.1) is 31.0 Å². The second-order valence-corrected chi connectivity index (χ2v) is 7.21. The zero-order chi connectivity index (χ0) is 17.1. The number of hydrogen-bond acceptors (Lipinski definition) is 7. The van der Waals surface area contributed by atoms with Gasteiger partial charge in [0.05, 0.1) is 11.3 Å². The Morgan fingerprint density at radius 3 is 2.83 bits per heavy atom. The first-order valence-corrected chi connectivity index (χ1v) is 8.61. The van der Waals surface area contributed by atoms with Gasteiger partial charge < -0.3 is 5.32 Å². The van der Waals surface area contributed by atoms with Crippen molar-refractivity contribution in [2.45, 2.75) is 23.1 Å². The minimum absolute atomic E-state index is 0.319. The summed E-state index contributed by atoms with van der Waals surface area (Å²) in [5.41, 5.74) is 2.69. The molecule has 0 aliphatic carbocycles. The van der Waals surface area contributed by atoms with Crippen LogP contribution in [-0.2, 0) is 0 Å². The fourth-order valence-electron chi connectivity index (χ4n) is 2.09. The van der Waals surface area contributed by atoms with E-state index in [9.17, 15) is 9.65 Å². The van der Waals surface area contributed by atoms with E-state index in [0.29, 0.717) is 26.4 Å². The van der Waals surface area contributed by atoms with E-state index in [4.69, 9.17) is 0 Å². The highest BCUT2D eigenvalue weighted by Crippen LogP contribution is 2.35. The van der Waals surface area contributed by atoms with Crippen LogP contribution in [0.4, 0.5) is 15.2 Å². The average molecular weight is 357 g/mol. The lowest BCUT2D eigenvalue weighted by Gasteiger charge is -2.05. The fraction of sp³-hybridized carbons (Fsp3) is 0.125. The molecule has 0 atom stereocenters. The SMILES string of the molecule is Cc1cc(Sc2nnc(Nc3cccc(F)c3)s2)c(C#N)c(C)n1. The Morgan fingerprint density at radius 1 is 1.25 bits per heavy atom. The molecule has 0 fully saturated rings. The second-order valence-electron chi connectivity index (χ2n) is 4.94. The molecule has 2 heterocycles. The van der Waals surface area contributed by atoms with E-state index in [0.717, 1.165) is 10.6 Å². The third-order valence-corrected chi connectivity index (χ3v) is 5.02. The molecule has 3 rings (SSSR count). The third-order valence-electron chi connectivity index (χ3n) is 3.08. The molecule has 0 unspecified atom stereocenters. The number of pyridine rings is 1. The summed E-state index contributed by atoms with van der Waals surface area (Å²) in [4.78, 5) is 5.10. The molecular weight excluding hydrogens is 345 g/mol. The van der Waals surface area contributed by atoms with Crippen molar-refractivity contribution in [2.75, 3.05) is 5.32 Å². The van der Waals surface area contributed by atoms with E-state index in [1.807, 2.05) is 19.9 Å². The van der Waals surface area contributed by atoms with Gasteiger partial charge in [0.25, 0.3) is 0 Å². The van der Waals surface area contributed by atoms with E-state index in [1.165, 1.54) is 35.2 Å². The van der Waals surface area contributed by atoms with Crippen LogP contribution in [0.15, 0.2) is 39.6 Å². The van der Waals surface area contributed by atoms with Gasteiger partial charge in [-0.25, -0.2) is 4.39 Å². The van der Waals surface area contributed by atoms with Crippen LogP contribution in [0.25, 0.3) is 0 Å². The Morgan fingerprint density at radius 2 is 2.08 bits per heavy atom. The zero-order valence-corrected chi connectivity index (χ0v) is 14.5. The second kappa shape index (κ2) is 6.95. The number of halogens is 1. The standard InChI is InChI=1S/C16H12FN5S2/c1-9-6-14(13(8-18)10(2)19-9)23-16-22-21-15(24-16)20-12-5-3-4-11(17)7-12/h3-7H,1-2H3,(H,20,21). The molecule has 1 N–H and O–H groups in total. The summed E-state index contributed by atoms with van der Waals surface area (Å²) in [5, 5.41) is 21.0. The molecule has 120 valence electrons. The quantitative estimate of drug-likeness (QED) is 0.743. The van der Waals surface area contributed by atoms with Gasteiger partial charge in [-0.1, -0.05) is 29.2 Å². The number of hydrogen-bond donors (Lipinski definition) is 1. The Balaban J connectivity index is 1.81. The molecule has 0 saturated carbocycles. The monoisotopic (exact) mass is 357 g/mol. The van der Waals surface area contributed by atoms with Crippen LogP contribution >= 0.6 is 23.1 Å². The molecule has 24 heavy (non-hydrogen) atoms. The summed E-state index contributed by atoms with van der Waals surface area (Å²) in [6.45, 7) is 3.70. The Bertz CT molecular complexity index is 932. The van der Waals surface area contributed by atoms with Gasteiger partial charge in [-0.3, -0.25) is 4.98 Å². The molecule has 0 aliphatic rings. The van der Waals surface area contributed by atoms with Crippen LogP contribution in [0.5, 0.6) is 0 Å². The summed E-state index contributed by atoms with van der Waals surface area (Å²) >= 11 is 2.71. The van der Waals surface area contributed by atoms with Crippen LogP contribution < -0.4 is 5.32 Å². The van der Waals surface area contributed by atoms with Gasteiger partial charge >= 0.3 is 0 Å². The first-order chi connectivity index (χ1) is 11.5. The van der Waals surface area contributed by atoms with Gasteiger partial charge in [-0.2, -0.15) is 5.26 Å². The lowest BCUT2D eigenvalue weighted by atomic mass is 10.2. The van der Waals surface area contributed by atoms with Crippen molar-refractivity contribution in [2.24, 2.45) is 0 Å². The molecule has 5 nitrogen and oxygen atoms in total. The van der Waals surface area contributed by atoms with E-state index in [1.54, 1.807) is 12.1 Å². The van der Waals surface area contributed by atoms with Crippen molar-refractivity contribution in [3.63, 3.8) is 0 Å². The molecular formula is C16H12FN5S2. The van der Waals surface area contributed by atoms with Crippen molar-refractivity contribution in [3.05, 3.63) is 53.1 Å². The number of anilines is 2. The van der Waals surface area contributed by atoms with Gasteiger partial charge in [-0.05, 0) is 38.1 Å². The molecule has 1 aromatic carbocycles. The van der Waals surface area contributed by atoms with Crippen molar-refractivity contribution in [1.29, 1.82) is 5.26 Å². The maximum atomic E-state index is 13.2. The highest BCUT2D eigenvalue weighted by Gasteiger charge is 2.13. The zero-order valence-electron chi connectivity index (χ0n) is 12.9. The number of nitrogens with one attached hydrogen (secondary N) is 1. The van der Waals surface area contributed by atoms with Crippen molar-refractivity contribution >= 4 is 33.9 Å². The summed E-state index contributed by atoms with van der Waals surface area (Å²) in [5.74, 6) is -0.319. The Hall–Kier alpha value is -2.50. The minimum Gasteiger partial charge on any atom is -0.330 e. The molecule has 0 amide bonds. The molecule has 3 aromatic rings. The summed E-state index contributed by atoms with van der Waals surface area (Å²) in [7, 11) is 0. The maximum Gasteiger partial charge on any atom is 0.210 e. The predicted molar refractivity (Wildman–Crippen MR) is 92.1 cm³/mol. The van der Waals surface area contributed by atoms with Crippen molar-refractivity contribution in [3.8, 4) is 6.07 Å². The lowest BCUT2D eigenvalue weighted by molar-refractivity contribution is 0.628. The van der Waals surface area contributed by atoms with E-state index < -0.39 is 0 Å². The van der Waals surface area contributed by atoms with Crippen LogP contribution in [0.3, 0.4) is 0 Å². The van der Waals surface area contributed by atoms with E-state index >= 15 is 0 Å². The fourth-order valence-corrected chi connectivity index (χ4v) is 4.06. The third kappa shape index (κ3) is 3.69. The summed E-state index contributed by atoms with van der Waals surface area (Å²) < 4.78 is 13.9. The molecule has 2 aromatic heterocycles. The number of rotatable bonds is 4. The maximum absolute atomic E-state index is 13.2. The molecule has 0 bridgehead atoms. The van der Waals surface area contributed by atoms with E-state index in [-0.39, 0.29) is 5.82 Å². The first-order valence-electron chi connectivity index (χ1n) is 6.97. The van der Waals surface area contributed by atoms with Gasteiger partial charge in [0.2, 0.25) is 5.13 Å². The molecule has 8 heteroatoms. The van der Waals surface area contributed by atoms with Crippen LogP contribution in [0.1, 0.15) is 17.0 Å². The van der Waals surface area contributed by atoms with Gasteiger partial charge in [0.1, 0.15) is 11.9 Å².